The molecule has 0 bridgehead atoms. The van der Waals surface area contributed by atoms with Gasteiger partial charge >= 0.3 is 0 Å². The molecule has 0 spiro atoms. The van der Waals surface area contributed by atoms with Crippen molar-refractivity contribution in [2.24, 2.45) is 0 Å². The molecule has 2 N–H and O–H groups in total. The number of rotatable bonds is 2. The van der Waals surface area contributed by atoms with Crippen LogP contribution in [0, 0.1) is 32.3 Å². The van der Waals surface area contributed by atoms with Gasteiger partial charge in [-0.15, -0.1) is 0 Å². The summed E-state index contributed by atoms with van der Waals surface area (Å²) in [5.41, 5.74) is 0. The van der Waals surface area contributed by atoms with Crippen LogP contribution in [0.3, 0.4) is 0 Å². The maximum atomic E-state index is 9.60. The molecule has 0 aromatic rings. The van der Waals surface area contributed by atoms with Gasteiger partial charge in [-0.3, -0.25) is 0 Å². The lowest BCUT2D eigenvalue weighted by Crippen LogP contribution is -2.47. The van der Waals surface area contributed by atoms with Crippen LogP contribution in [0.4, 0.5) is 0 Å². The molecule has 2 heterocycles. The Labute approximate surface area is 95.3 Å². The van der Waals surface area contributed by atoms with E-state index in [0.717, 1.165) is 0 Å². The number of aliphatic hydroxyl groups is 2. The summed E-state index contributed by atoms with van der Waals surface area (Å²) in [7, 11) is 0. The standard InChI is InChI=1S/C11H15O5/c1-7-3-2-4-9(15-7)16-8-5-6-14-11(13)10(8)12/h2-13H,1H3/t7-,8+,9-,10-,11?/m1/s1. The maximum Gasteiger partial charge on any atom is 0.183 e. The monoisotopic (exact) mass is 227 g/mol. The van der Waals surface area contributed by atoms with E-state index < -0.39 is 24.8 Å². The van der Waals surface area contributed by atoms with Crippen LogP contribution in [-0.2, 0) is 14.2 Å². The van der Waals surface area contributed by atoms with Gasteiger partial charge in [0, 0.05) is 12.8 Å². The molecule has 2 aliphatic rings. The molecule has 2 fully saturated rings. The van der Waals surface area contributed by atoms with Crippen molar-refractivity contribution in [3.63, 3.8) is 0 Å². The van der Waals surface area contributed by atoms with E-state index in [0.29, 0.717) is 0 Å². The summed E-state index contributed by atoms with van der Waals surface area (Å²) in [6, 6.07) is 0. The Bertz CT molecular complexity index is 222. The first-order valence-corrected chi connectivity index (χ1v) is 5.17. The molecule has 5 heteroatoms. The molecule has 89 valence electrons. The summed E-state index contributed by atoms with van der Waals surface area (Å²) in [5.74, 6) is 0. The van der Waals surface area contributed by atoms with Crippen molar-refractivity contribution in [1.82, 2.24) is 0 Å². The molecule has 2 saturated heterocycles. The van der Waals surface area contributed by atoms with Gasteiger partial charge < -0.3 is 24.4 Å². The van der Waals surface area contributed by atoms with Crippen molar-refractivity contribution in [3.05, 3.63) is 32.3 Å². The largest absolute Gasteiger partial charge is 0.385 e. The summed E-state index contributed by atoms with van der Waals surface area (Å²) in [6.45, 7) is 3.20. The summed E-state index contributed by atoms with van der Waals surface area (Å²) in [6.07, 6.45) is 3.48. The molecule has 0 aromatic heterocycles. The van der Waals surface area contributed by atoms with Crippen molar-refractivity contribution in [1.29, 1.82) is 0 Å². The van der Waals surface area contributed by atoms with Gasteiger partial charge in [-0.1, -0.05) is 0 Å². The highest BCUT2D eigenvalue weighted by Gasteiger charge is 2.35. The van der Waals surface area contributed by atoms with Crippen LogP contribution in [0.1, 0.15) is 6.92 Å². The van der Waals surface area contributed by atoms with Crippen molar-refractivity contribution in [2.45, 2.75) is 37.8 Å². The van der Waals surface area contributed by atoms with E-state index in [9.17, 15) is 10.2 Å². The molecular formula is C11H15O5. The van der Waals surface area contributed by atoms with Crippen LogP contribution in [0.2, 0.25) is 0 Å². The van der Waals surface area contributed by atoms with Gasteiger partial charge in [0.1, 0.15) is 6.10 Å². The molecule has 0 aromatic carbocycles. The van der Waals surface area contributed by atoms with Crippen molar-refractivity contribution in [3.8, 4) is 0 Å². The third-order valence-corrected chi connectivity index (χ3v) is 2.41. The lowest BCUT2D eigenvalue weighted by Gasteiger charge is -2.35. The molecular weight excluding hydrogens is 212 g/mol. The number of hydrogen-bond donors (Lipinski definition) is 2. The Kier molecular flexibility index (Phi) is 4.16. The molecule has 1 unspecified atom stereocenters. The van der Waals surface area contributed by atoms with Gasteiger partial charge in [0.05, 0.1) is 18.8 Å². The Morgan fingerprint density at radius 1 is 1.19 bits per heavy atom. The number of ether oxygens (including phenoxy) is 3. The second-order valence-electron chi connectivity index (χ2n) is 3.73. The van der Waals surface area contributed by atoms with E-state index in [1.165, 1.54) is 13.0 Å². The number of aliphatic hydroxyl groups excluding tert-OH is 2. The zero-order valence-electron chi connectivity index (χ0n) is 8.89. The van der Waals surface area contributed by atoms with Crippen LogP contribution >= 0.6 is 0 Å². The van der Waals surface area contributed by atoms with E-state index in [4.69, 9.17) is 14.2 Å². The molecule has 2 aliphatic heterocycles. The van der Waals surface area contributed by atoms with Crippen LogP contribution in [0.25, 0.3) is 0 Å². The highest BCUT2D eigenvalue weighted by atomic mass is 16.7. The van der Waals surface area contributed by atoms with Crippen molar-refractivity contribution >= 4 is 0 Å². The molecule has 0 saturated carbocycles. The molecule has 2 rings (SSSR count). The van der Waals surface area contributed by atoms with Crippen molar-refractivity contribution in [2.75, 3.05) is 0 Å². The average molecular weight is 227 g/mol. The predicted molar refractivity (Wildman–Crippen MR) is 53.8 cm³/mol. The van der Waals surface area contributed by atoms with Gasteiger partial charge in [-0.25, -0.2) is 0 Å². The second kappa shape index (κ2) is 5.42. The Morgan fingerprint density at radius 2 is 2.00 bits per heavy atom. The van der Waals surface area contributed by atoms with Crippen molar-refractivity contribution < 1.29 is 24.4 Å². The van der Waals surface area contributed by atoms with Gasteiger partial charge in [-0.2, -0.15) is 0 Å². The summed E-state index contributed by atoms with van der Waals surface area (Å²) in [5, 5.41) is 18.9. The summed E-state index contributed by atoms with van der Waals surface area (Å²) in [4.78, 5) is 0. The fraction of sp³-hybridized carbons (Fsp3) is 0.545. The molecule has 5 nitrogen and oxygen atoms in total. The van der Waals surface area contributed by atoms with Gasteiger partial charge in [0.2, 0.25) is 0 Å². The first-order chi connectivity index (χ1) is 7.66. The first-order valence-electron chi connectivity index (χ1n) is 5.17. The Morgan fingerprint density at radius 3 is 2.75 bits per heavy atom. The minimum absolute atomic E-state index is 0.0270. The highest BCUT2D eigenvalue weighted by Crippen LogP contribution is 2.24. The van der Waals surface area contributed by atoms with E-state index in [1.807, 2.05) is 19.8 Å². The van der Waals surface area contributed by atoms with Crippen LogP contribution in [0.5, 0.6) is 0 Å². The van der Waals surface area contributed by atoms with E-state index >= 15 is 0 Å². The van der Waals surface area contributed by atoms with E-state index in [-0.39, 0.29) is 6.10 Å². The third kappa shape index (κ3) is 2.93. The van der Waals surface area contributed by atoms with Gasteiger partial charge in [0.15, 0.2) is 12.6 Å². The SMILES string of the molecule is C[C@@H]1[CH][CH][CH][C@@H](O[C@H]2[CH][CH]OC(O)[C@@H]2O)O1. The predicted octanol–water partition coefficient (Wildman–Crippen LogP) is -0.195. The fourth-order valence-corrected chi connectivity index (χ4v) is 1.53. The summed E-state index contributed by atoms with van der Waals surface area (Å²) < 4.78 is 15.6. The van der Waals surface area contributed by atoms with E-state index in [2.05, 4.69) is 0 Å². The van der Waals surface area contributed by atoms with Gasteiger partial charge in [0.25, 0.3) is 0 Å². The highest BCUT2D eigenvalue weighted by molar-refractivity contribution is 5.06. The van der Waals surface area contributed by atoms with Crippen LogP contribution in [-0.4, -0.2) is 41.1 Å². The normalized spacial score (nSPS) is 45.6. The Hall–Kier alpha value is -0.200. The van der Waals surface area contributed by atoms with Gasteiger partial charge in [-0.05, 0) is 19.8 Å². The molecule has 5 radical (unpaired) electrons. The third-order valence-electron chi connectivity index (χ3n) is 2.41. The lowest BCUT2D eigenvalue weighted by molar-refractivity contribution is -0.236. The molecule has 16 heavy (non-hydrogen) atoms. The zero-order valence-corrected chi connectivity index (χ0v) is 8.89. The zero-order chi connectivity index (χ0) is 11.5. The molecule has 5 atom stereocenters. The lowest BCUT2D eigenvalue weighted by atomic mass is 10.1. The van der Waals surface area contributed by atoms with E-state index in [1.54, 1.807) is 6.42 Å². The Balaban J connectivity index is 1.83. The minimum Gasteiger partial charge on any atom is -0.385 e. The average Bonchev–Trinajstić information content (AvgIpc) is 2.25. The molecule has 0 aliphatic carbocycles. The number of hydrogen-bond acceptors (Lipinski definition) is 5. The maximum absolute atomic E-state index is 9.60. The smallest absolute Gasteiger partial charge is 0.183 e. The fourth-order valence-electron chi connectivity index (χ4n) is 1.53. The minimum atomic E-state index is -1.26. The summed E-state index contributed by atoms with van der Waals surface area (Å²) >= 11 is 0. The van der Waals surface area contributed by atoms with Crippen LogP contribution in [0.15, 0.2) is 0 Å². The topological polar surface area (TPSA) is 68.2 Å². The van der Waals surface area contributed by atoms with Crippen LogP contribution < -0.4 is 0 Å². The quantitative estimate of drug-likeness (QED) is 0.684. The first kappa shape index (κ1) is 12.3. The second-order valence-corrected chi connectivity index (χ2v) is 3.73. The molecule has 0 amide bonds.